The van der Waals surface area contributed by atoms with Crippen molar-refractivity contribution in [2.45, 2.75) is 32.7 Å². The lowest BCUT2D eigenvalue weighted by atomic mass is 10.2. The van der Waals surface area contributed by atoms with Crippen molar-refractivity contribution in [3.63, 3.8) is 0 Å². The van der Waals surface area contributed by atoms with Crippen LogP contribution in [0.3, 0.4) is 0 Å². The van der Waals surface area contributed by atoms with Crippen LogP contribution in [0.4, 0.5) is 0 Å². The molecule has 1 N–H and O–H groups in total. The van der Waals surface area contributed by atoms with E-state index >= 15 is 0 Å². The van der Waals surface area contributed by atoms with E-state index in [-0.39, 0.29) is 0 Å². The molecule has 0 aliphatic heterocycles. The monoisotopic (exact) mass is 184 g/mol. The van der Waals surface area contributed by atoms with Gasteiger partial charge in [-0.15, -0.1) is 11.3 Å². The van der Waals surface area contributed by atoms with E-state index in [9.17, 15) is 0 Å². The van der Waals surface area contributed by atoms with Gasteiger partial charge in [0.05, 0.1) is 5.01 Å². The molecular weight excluding hydrogens is 168 g/mol. The van der Waals surface area contributed by atoms with Crippen LogP contribution >= 0.6 is 11.3 Å². The smallest absolute Gasteiger partial charge is 0.0925 e. The summed E-state index contributed by atoms with van der Waals surface area (Å²) in [6.45, 7) is 5.41. The van der Waals surface area contributed by atoms with Gasteiger partial charge in [-0.3, -0.25) is 0 Å². The third-order valence-electron chi connectivity index (χ3n) is 1.83. The number of hydrogen-bond acceptors (Lipinski definition) is 3. The molecule has 0 amide bonds. The Morgan fingerprint density at radius 2 is 2.50 bits per heavy atom. The van der Waals surface area contributed by atoms with Gasteiger partial charge in [0.15, 0.2) is 0 Å². The van der Waals surface area contributed by atoms with Gasteiger partial charge >= 0.3 is 0 Å². The first-order valence-electron chi connectivity index (χ1n) is 4.44. The van der Waals surface area contributed by atoms with Crippen molar-refractivity contribution < 1.29 is 0 Å². The molecule has 0 aliphatic carbocycles. The van der Waals surface area contributed by atoms with Gasteiger partial charge in [-0.25, -0.2) is 4.98 Å². The summed E-state index contributed by atoms with van der Waals surface area (Å²) in [4.78, 5) is 4.24. The fourth-order valence-electron chi connectivity index (χ4n) is 1.17. The maximum atomic E-state index is 4.24. The zero-order valence-electron chi connectivity index (χ0n) is 7.71. The van der Waals surface area contributed by atoms with Gasteiger partial charge in [-0.05, 0) is 19.9 Å². The standard InChI is InChI=1S/C9H16N2S/c1-3-10-8(2)4-5-9-11-6-7-12-9/h6-8,10H,3-5H2,1-2H3. The fourth-order valence-corrected chi connectivity index (χ4v) is 1.80. The number of nitrogens with one attached hydrogen (secondary N) is 1. The van der Waals surface area contributed by atoms with Gasteiger partial charge < -0.3 is 5.32 Å². The SMILES string of the molecule is CCNC(C)CCc1nccs1. The molecule has 1 unspecified atom stereocenters. The minimum absolute atomic E-state index is 0.610. The molecule has 1 rings (SSSR count). The normalized spacial score (nSPS) is 13.2. The molecule has 0 saturated carbocycles. The molecule has 0 spiro atoms. The Hall–Kier alpha value is -0.410. The van der Waals surface area contributed by atoms with Crippen LogP contribution in [0.5, 0.6) is 0 Å². The van der Waals surface area contributed by atoms with Crippen LogP contribution in [0.1, 0.15) is 25.3 Å². The van der Waals surface area contributed by atoms with Crippen LogP contribution < -0.4 is 5.32 Å². The zero-order valence-corrected chi connectivity index (χ0v) is 8.53. The van der Waals surface area contributed by atoms with Crippen molar-refractivity contribution in [3.8, 4) is 0 Å². The van der Waals surface area contributed by atoms with E-state index in [1.165, 1.54) is 11.4 Å². The molecule has 3 heteroatoms. The highest BCUT2D eigenvalue weighted by molar-refractivity contribution is 7.09. The number of thiazole rings is 1. The summed E-state index contributed by atoms with van der Waals surface area (Å²) < 4.78 is 0. The fraction of sp³-hybridized carbons (Fsp3) is 0.667. The van der Waals surface area contributed by atoms with E-state index in [1.807, 2.05) is 11.6 Å². The van der Waals surface area contributed by atoms with E-state index in [0.29, 0.717) is 6.04 Å². The molecule has 0 radical (unpaired) electrons. The van der Waals surface area contributed by atoms with Crippen molar-refractivity contribution in [2.24, 2.45) is 0 Å². The average molecular weight is 184 g/mol. The van der Waals surface area contributed by atoms with Gasteiger partial charge in [0.1, 0.15) is 0 Å². The maximum absolute atomic E-state index is 4.24. The molecule has 0 aromatic carbocycles. The third kappa shape index (κ3) is 3.32. The Balaban J connectivity index is 2.17. The lowest BCUT2D eigenvalue weighted by Crippen LogP contribution is -2.25. The van der Waals surface area contributed by atoms with Crippen molar-refractivity contribution in [1.82, 2.24) is 10.3 Å². The third-order valence-corrected chi connectivity index (χ3v) is 2.67. The Bertz CT molecular complexity index is 196. The molecule has 1 atom stereocenters. The van der Waals surface area contributed by atoms with Crippen LogP contribution in [-0.4, -0.2) is 17.6 Å². The molecule has 1 aromatic rings. The first-order valence-corrected chi connectivity index (χ1v) is 5.32. The van der Waals surface area contributed by atoms with E-state index < -0.39 is 0 Å². The summed E-state index contributed by atoms with van der Waals surface area (Å²) in [6, 6.07) is 0.610. The zero-order chi connectivity index (χ0) is 8.81. The van der Waals surface area contributed by atoms with E-state index in [4.69, 9.17) is 0 Å². The molecule has 0 fully saturated rings. The number of aromatic nitrogens is 1. The summed E-state index contributed by atoms with van der Waals surface area (Å²) in [6.07, 6.45) is 4.16. The second-order valence-electron chi connectivity index (χ2n) is 2.92. The number of hydrogen-bond donors (Lipinski definition) is 1. The van der Waals surface area contributed by atoms with E-state index in [0.717, 1.165) is 13.0 Å². The van der Waals surface area contributed by atoms with Crippen molar-refractivity contribution in [2.75, 3.05) is 6.54 Å². The second kappa shape index (κ2) is 5.27. The van der Waals surface area contributed by atoms with Gasteiger partial charge in [0, 0.05) is 24.0 Å². The average Bonchev–Trinajstić information content (AvgIpc) is 2.53. The summed E-state index contributed by atoms with van der Waals surface area (Å²) >= 11 is 1.74. The van der Waals surface area contributed by atoms with Crippen LogP contribution in [0.25, 0.3) is 0 Å². The quantitative estimate of drug-likeness (QED) is 0.758. The lowest BCUT2D eigenvalue weighted by molar-refractivity contribution is 0.530. The maximum Gasteiger partial charge on any atom is 0.0925 e. The highest BCUT2D eigenvalue weighted by atomic mass is 32.1. The van der Waals surface area contributed by atoms with E-state index in [1.54, 1.807) is 11.3 Å². The van der Waals surface area contributed by atoms with E-state index in [2.05, 4.69) is 24.1 Å². The summed E-state index contributed by atoms with van der Waals surface area (Å²) in [5.41, 5.74) is 0. The highest BCUT2D eigenvalue weighted by Crippen LogP contribution is 2.07. The largest absolute Gasteiger partial charge is 0.315 e. The summed E-state index contributed by atoms with van der Waals surface area (Å²) in [7, 11) is 0. The van der Waals surface area contributed by atoms with Crippen LogP contribution in [0, 0.1) is 0 Å². The molecule has 0 aliphatic rings. The minimum atomic E-state index is 0.610. The molecule has 1 heterocycles. The van der Waals surface area contributed by atoms with Crippen molar-refractivity contribution in [1.29, 1.82) is 0 Å². The molecule has 2 nitrogen and oxygen atoms in total. The first kappa shape index (κ1) is 9.68. The van der Waals surface area contributed by atoms with Crippen molar-refractivity contribution >= 4 is 11.3 Å². The molecule has 1 aromatic heterocycles. The van der Waals surface area contributed by atoms with Gasteiger partial charge in [-0.1, -0.05) is 6.92 Å². The number of rotatable bonds is 5. The molecule has 0 saturated heterocycles. The molecule has 68 valence electrons. The Morgan fingerprint density at radius 3 is 3.08 bits per heavy atom. The lowest BCUT2D eigenvalue weighted by Gasteiger charge is -2.09. The van der Waals surface area contributed by atoms with Crippen LogP contribution in [0.2, 0.25) is 0 Å². The number of aryl methyl sites for hydroxylation is 1. The predicted molar refractivity (Wildman–Crippen MR) is 53.6 cm³/mol. The number of nitrogens with zero attached hydrogens (tertiary/aromatic N) is 1. The van der Waals surface area contributed by atoms with Crippen LogP contribution in [0.15, 0.2) is 11.6 Å². The predicted octanol–water partition coefficient (Wildman–Crippen LogP) is 2.07. The van der Waals surface area contributed by atoms with Crippen LogP contribution in [-0.2, 0) is 6.42 Å². The topological polar surface area (TPSA) is 24.9 Å². The summed E-state index contributed by atoms with van der Waals surface area (Å²) in [5, 5.41) is 6.67. The van der Waals surface area contributed by atoms with Crippen molar-refractivity contribution in [3.05, 3.63) is 16.6 Å². The molecular formula is C9H16N2S. The molecule has 12 heavy (non-hydrogen) atoms. The molecule has 0 bridgehead atoms. The second-order valence-corrected chi connectivity index (χ2v) is 3.90. The summed E-state index contributed by atoms with van der Waals surface area (Å²) in [5.74, 6) is 0. The Kier molecular flexibility index (Phi) is 4.25. The Labute approximate surface area is 78.0 Å². The van der Waals surface area contributed by atoms with Gasteiger partial charge in [0.25, 0.3) is 0 Å². The van der Waals surface area contributed by atoms with Gasteiger partial charge in [-0.2, -0.15) is 0 Å². The first-order chi connectivity index (χ1) is 5.83. The Morgan fingerprint density at radius 1 is 1.67 bits per heavy atom. The minimum Gasteiger partial charge on any atom is -0.315 e. The highest BCUT2D eigenvalue weighted by Gasteiger charge is 2.01. The van der Waals surface area contributed by atoms with Gasteiger partial charge in [0.2, 0.25) is 0 Å².